The summed E-state index contributed by atoms with van der Waals surface area (Å²) < 4.78 is 0.594. The first-order valence-corrected chi connectivity index (χ1v) is 12.6. The van der Waals surface area contributed by atoms with E-state index in [0.717, 1.165) is 12.8 Å². The molecule has 6 rings (SSSR count). The van der Waals surface area contributed by atoms with E-state index in [9.17, 15) is 0 Å². The first-order valence-electron chi connectivity index (χ1n) is 11.2. The molecule has 0 aromatic heterocycles. The van der Waals surface area contributed by atoms with Gasteiger partial charge >= 0.3 is 129 Å². The maximum Gasteiger partial charge on any atom is -0.00258 e. The normalized spacial score (nSPS) is 14.5. The summed E-state index contributed by atoms with van der Waals surface area (Å²) in [6, 6.07) is 36.7. The number of allylic oxidation sites excluding steroid dienone is 4. The molecule has 0 radical (unpaired) electrons. The number of hydrogen-bond acceptors (Lipinski definition) is 0. The Morgan fingerprint density at radius 2 is 1.18 bits per heavy atom. The van der Waals surface area contributed by atoms with Crippen LogP contribution in [-0.4, -0.2) is 0 Å². The molecule has 4 aromatic carbocycles. The van der Waals surface area contributed by atoms with Gasteiger partial charge in [-0.25, -0.2) is 0 Å². The fourth-order valence-electron chi connectivity index (χ4n) is 4.62. The maximum atomic E-state index is 2.29. The zero-order valence-electron chi connectivity index (χ0n) is 18.8. The summed E-state index contributed by atoms with van der Waals surface area (Å²) in [7, 11) is 0. The largest absolute Gasteiger partial charge is 0.0622 e. The van der Waals surface area contributed by atoms with Crippen molar-refractivity contribution < 1.29 is 49.5 Å². The molecular weight excluding hydrogens is 534 g/mol. The molecule has 2 aliphatic carbocycles. The summed E-state index contributed by atoms with van der Waals surface area (Å²) in [5.41, 5.74) is 11.6. The number of rotatable bonds is 3. The van der Waals surface area contributed by atoms with Gasteiger partial charge in [0.1, 0.15) is 0 Å². The summed E-state index contributed by atoms with van der Waals surface area (Å²) in [5.74, 6) is 0. The quantitative estimate of drug-likeness (QED) is 0.360. The molecule has 0 bridgehead atoms. The minimum absolute atomic E-state index is 0. The Morgan fingerprint density at radius 1 is 0.618 bits per heavy atom. The van der Waals surface area contributed by atoms with E-state index in [1.54, 1.807) is 30.3 Å². The van der Waals surface area contributed by atoms with Gasteiger partial charge in [0.2, 0.25) is 0 Å². The van der Waals surface area contributed by atoms with Crippen molar-refractivity contribution in [2.45, 2.75) is 16.5 Å². The molecule has 0 N–H and O–H groups in total. The van der Waals surface area contributed by atoms with Gasteiger partial charge in [-0.2, -0.15) is 0 Å². The molecule has 34 heavy (non-hydrogen) atoms. The predicted molar refractivity (Wildman–Crippen MR) is 131 cm³/mol. The SMILES string of the molecule is [Cl-].[Cl-].[Zr+2][CH]1c2ccccc2-c2cccc(C3=CC=CC3)c21.c1ccc(Cc2ccccc2)cc1. The summed E-state index contributed by atoms with van der Waals surface area (Å²) in [4.78, 5) is 0. The van der Waals surface area contributed by atoms with Crippen LogP contribution >= 0.6 is 0 Å². The predicted octanol–water partition coefficient (Wildman–Crippen LogP) is 1.93. The second-order valence-electron chi connectivity index (χ2n) is 8.26. The molecule has 4 aromatic rings. The molecule has 0 heterocycles. The monoisotopic (exact) mass is 557 g/mol. The molecule has 0 nitrogen and oxygen atoms in total. The molecule has 167 valence electrons. The van der Waals surface area contributed by atoms with Crippen molar-refractivity contribution in [3.63, 3.8) is 0 Å². The second kappa shape index (κ2) is 12.5. The maximum absolute atomic E-state index is 2.29. The first kappa shape index (κ1) is 26.4. The molecule has 0 aliphatic heterocycles. The fraction of sp³-hybridized carbons (Fsp3) is 0.0968. The van der Waals surface area contributed by atoms with E-state index in [1.165, 1.54) is 39.0 Å². The van der Waals surface area contributed by atoms with Crippen LogP contribution in [0.1, 0.15) is 37.9 Å². The van der Waals surface area contributed by atoms with Crippen molar-refractivity contribution in [2.24, 2.45) is 0 Å². The van der Waals surface area contributed by atoms with Gasteiger partial charge in [-0.05, 0) is 17.5 Å². The zero-order valence-corrected chi connectivity index (χ0v) is 22.8. The number of benzene rings is 4. The molecule has 1 unspecified atom stereocenters. The average molecular weight is 560 g/mol. The average Bonchev–Trinajstić information content (AvgIpc) is 3.49. The second-order valence-corrected chi connectivity index (χ2v) is 9.68. The van der Waals surface area contributed by atoms with Crippen LogP contribution in [0.25, 0.3) is 16.7 Å². The van der Waals surface area contributed by atoms with Gasteiger partial charge < -0.3 is 24.8 Å². The Hall–Kier alpha value is -2.18. The molecular formula is C31H25Cl2Zr. The third-order valence-electron chi connectivity index (χ3n) is 6.17. The summed E-state index contributed by atoms with van der Waals surface area (Å²) in [6.45, 7) is 0. The number of halogens is 2. The van der Waals surface area contributed by atoms with Gasteiger partial charge in [0.05, 0.1) is 0 Å². The molecule has 0 saturated carbocycles. The summed E-state index contributed by atoms with van der Waals surface area (Å²) >= 11 is 1.58. The third-order valence-corrected chi connectivity index (χ3v) is 7.64. The van der Waals surface area contributed by atoms with E-state index in [0.29, 0.717) is 3.63 Å². The van der Waals surface area contributed by atoms with Crippen LogP contribution in [0, 0.1) is 0 Å². The van der Waals surface area contributed by atoms with Crippen LogP contribution in [0.4, 0.5) is 0 Å². The summed E-state index contributed by atoms with van der Waals surface area (Å²) in [5, 5.41) is 0. The van der Waals surface area contributed by atoms with Crippen molar-refractivity contribution in [1.29, 1.82) is 0 Å². The Balaban J connectivity index is 0.000000192. The van der Waals surface area contributed by atoms with Crippen LogP contribution < -0.4 is 24.8 Å². The molecule has 3 heteroatoms. The van der Waals surface area contributed by atoms with Gasteiger partial charge in [0, 0.05) is 0 Å². The van der Waals surface area contributed by atoms with Gasteiger partial charge in [0.25, 0.3) is 0 Å². The van der Waals surface area contributed by atoms with Crippen molar-refractivity contribution in [3.8, 4) is 11.1 Å². The van der Waals surface area contributed by atoms with Crippen LogP contribution in [-0.2, 0) is 31.1 Å². The van der Waals surface area contributed by atoms with Crippen molar-refractivity contribution in [2.75, 3.05) is 0 Å². The van der Waals surface area contributed by atoms with Crippen LogP contribution in [0.3, 0.4) is 0 Å². The zero-order chi connectivity index (χ0) is 21.8. The van der Waals surface area contributed by atoms with E-state index in [-0.39, 0.29) is 24.8 Å². The smallest absolute Gasteiger partial charge is 0.00258 e. The van der Waals surface area contributed by atoms with Crippen molar-refractivity contribution in [1.82, 2.24) is 0 Å². The molecule has 0 fully saturated rings. The van der Waals surface area contributed by atoms with Gasteiger partial charge in [-0.3, -0.25) is 0 Å². The number of fused-ring (bicyclic) bond motifs is 3. The standard InChI is InChI=1S/C18H13.C13H12.2ClH.Zr/c1-2-7-13(6-1)15-10-5-11-17-16-9-4-3-8-14(16)12-18(15)17;1-3-7-12(8-4-1)11-13-9-5-2-6-10-13;;;/h1-6,8-12H,7H2;1-10H,11H2;2*1H;/q;;;;+2/p-2. The number of hydrogen-bond donors (Lipinski definition) is 0. The third kappa shape index (κ3) is 5.72. The molecule has 0 spiro atoms. The fourth-order valence-corrected chi connectivity index (χ4v) is 6.00. The Morgan fingerprint density at radius 3 is 1.79 bits per heavy atom. The van der Waals surface area contributed by atoms with Crippen LogP contribution in [0.15, 0.2) is 121 Å². The van der Waals surface area contributed by atoms with Crippen LogP contribution in [0.2, 0.25) is 0 Å². The van der Waals surface area contributed by atoms with Gasteiger partial charge in [-0.15, -0.1) is 0 Å². The Kier molecular flexibility index (Phi) is 9.72. The molecule has 0 amide bonds. The minimum atomic E-state index is 0. The minimum Gasteiger partial charge on any atom is -0.0622 e. The molecule has 2 aliphatic rings. The molecule has 0 saturated heterocycles. The van der Waals surface area contributed by atoms with Crippen molar-refractivity contribution >= 4 is 5.57 Å². The first-order chi connectivity index (χ1) is 15.8. The van der Waals surface area contributed by atoms with E-state index >= 15 is 0 Å². The van der Waals surface area contributed by atoms with Gasteiger partial charge in [0.15, 0.2) is 0 Å². The Labute approximate surface area is 230 Å². The topological polar surface area (TPSA) is 0 Å². The summed E-state index contributed by atoms with van der Waals surface area (Å²) in [6.07, 6.45) is 8.79. The van der Waals surface area contributed by atoms with E-state index in [1.807, 2.05) is 0 Å². The van der Waals surface area contributed by atoms with Crippen LogP contribution in [0.5, 0.6) is 0 Å². The van der Waals surface area contributed by atoms with Crippen molar-refractivity contribution in [3.05, 3.63) is 149 Å². The van der Waals surface area contributed by atoms with E-state index in [4.69, 9.17) is 0 Å². The molecule has 1 atom stereocenters. The van der Waals surface area contributed by atoms with E-state index < -0.39 is 0 Å². The van der Waals surface area contributed by atoms with E-state index in [2.05, 4.69) is 121 Å². The van der Waals surface area contributed by atoms with Gasteiger partial charge in [-0.1, -0.05) is 60.7 Å². The Bertz CT molecular complexity index is 1240.